The van der Waals surface area contributed by atoms with Crippen molar-refractivity contribution in [3.8, 4) is 0 Å². The van der Waals surface area contributed by atoms with Crippen LogP contribution in [0.5, 0.6) is 0 Å². The van der Waals surface area contributed by atoms with Gasteiger partial charge in [0.25, 0.3) is 0 Å². The summed E-state index contributed by atoms with van der Waals surface area (Å²) >= 11 is 3.56. The lowest BCUT2D eigenvalue weighted by atomic mass is 10.0. The van der Waals surface area contributed by atoms with Gasteiger partial charge in [0, 0.05) is 4.47 Å². The third kappa shape index (κ3) is 5.51. The van der Waals surface area contributed by atoms with Crippen LogP contribution in [0.3, 0.4) is 0 Å². The van der Waals surface area contributed by atoms with Gasteiger partial charge in [-0.1, -0.05) is 28.9 Å². The number of rotatable bonds is 7. The second kappa shape index (κ2) is 7.93. The largest absolute Gasteiger partial charge is 0.377 e. The van der Waals surface area contributed by atoms with Gasteiger partial charge in [-0.05, 0) is 57.0 Å². The van der Waals surface area contributed by atoms with Gasteiger partial charge in [0.2, 0.25) is 0 Å². The standard InChI is InChI=1S/C15H24BrNO/c1-5-6-17-15(10-18-11(2)3)13-7-12(4)8-14(16)9-13/h7-9,11,15,17H,5-6,10H2,1-4H3. The van der Waals surface area contributed by atoms with Crippen molar-refractivity contribution in [3.63, 3.8) is 0 Å². The van der Waals surface area contributed by atoms with Crippen molar-refractivity contribution in [2.75, 3.05) is 13.2 Å². The summed E-state index contributed by atoms with van der Waals surface area (Å²) in [5.74, 6) is 0. The molecule has 0 saturated carbocycles. The highest BCUT2D eigenvalue weighted by Crippen LogP contribution is 2.21. The normalized spacial score (nSPS) is 13.0. The molecule has 1 rings (SSSR count). The monoisotopic (exact) mass is 313 g/mol. The van der Waals surface area contributed by atoms with E-state index in [0.29, 0.717) is 6.61 Å². The van der Waals surface area contributed by atoms with Crippen LogP contribution in [0.1, 0.15) is 44.4 Å². The van der Waals surface area contributed by atoms with Crippen molar-refractivity contribution < 1.29 is 4.74 Å². The Bertz CT molecular complexity index is 345. The van der Waals surface area contributed by atoms with Crippen LogP contribution in [0.2, 0.25) is 0 Å². The van der Waals surface area contributed by atoms with Crippen molar-refractivity contribution >= 4 is 15.9 Å². The second-order valence-electron chi connectivity index (χ2n) is 4.95. The van der Waals surface area contributed by atoms with Crippen LogP contribution in [0.4, 0.5) is 0 Å². The number of benzene rings is 1. The molecule has 0 aliphatic carbocycles. The number of hydrogen-bond acceptors (Lipinski definition) is 2. The molecule has 0 aliphatic rings. The molecule has 0 aromatic heterocycles. The Labute approximate surface area is 119 Å². The fraction of sp³-hybridized carbons (Fsp3) is 0.600. The van der Waals surface area contributed by atoms with Crippen LogP contribution in [0.25, 0.3) is 0 Å². The van der Waals surface area contributed by atoms with Crippen molar-refractivity contribution in [2.24, 2.45) is 0 Å². The Morgan fingerprint density at radius 1 is 1.28 bits per heavy atom. The van der Waals surface area contributed by atoms with Gasteiger partial charge in [0.05, 0.1) is 18.8 Å². The molecule has 0 amide bonds. The maximum Gasteiger partial charge on any atom is 0.0664 e. The SMILES string of the molecule is CCCNC(COC(C)C)c1cc(C)cc(Br)c1. The first-order chi connectivity index (χ1) is 8.52. The number of ether oxygens (including phenoxy) is 1. The number of nitrogens with one attached hydrogen (secondary N) is 1. The molecule has 1 N–H and O–H groups in total. The lowest BCUT2D eigenvalue weighted by Gasteiger charge is -2.21. The van der Waals surface area contributed by atoms with Gasteiger partial charge in [-0.3, -0.25) is 0 Å². The maximum atomic E-state index is 5.76. The predicted molar refractivity (Wildman–Crippen MR) is 81.0 cm³/mol. The van der Waals surface area contributed by atoms with Crippen molar-refractivity contribution in [1.29, 1.82) is 0 Å². The van der Waals surface area contributed by atoms with Crippen LogP contribution in [0.15, 0.2) is 22.7 Å². The molecule has 0 bridgehead atoms. The fourth-order valence-electron chi connectivity index (χ4n) is 1.85. The molecule has 2 nitrogen and oxygen atoms in total. The minimum Gasteiger partial charge on any atom is -0.377 e. The van der Waals surface area contributed by atoms with Crippen molar-refractivity contribution in [3.05, 3.63) is 33.8 Å². The van der Waals surface area contributed by atoms with E-state index in [9.17, 15) is 0 Å². The molecule has 0 aliphatic heterocycles. The Balaban J connectivity index is 2.79. The summed E-state index contributed by atoms with van der Waals surface area (Å²) in [4.78, 5) is 0. The number of hydrogen-bond donors (Lipinski definition) is 1. The predicted octanol–water partition coefficient (Wildman–Crippen LogP) is 4.22. The summed E-state index contributed by atoms with van der Waals surface area (Å²) in [5, 5.41) is 3.55. The zero-order chi connectivity index (χ0) is 13.5. The van der Waals surface area contributed by atoms with E-state index in [0.717, 1.165) is 17.4 Å². The van der Waals surface area contributed by atoms with E-state index in [1.165, 1.54) is 11.1 Å². The number of halogens is 1. The van der Waals surface area contributed by atoms with Crippen LogP contribution >= 0.6 is 15.9 Å². The molecule has 1 atom stereocenters. The van der Waals surface area contributed by atoms with E-state index >= 15 is 0 Å². The zero-order valence-electron chi connectivity index (χ0n) is 11.8. The number of aryl methyl sites for hydroxylation is 1. The molecule has 102 valence electrons. The van der Waals surface area contributed by atoms with Crippen LogP contribution < -0.4 is 5.32 Å². The smallest absolute Gasteiger partial charge is 0.0664 e. The molecular weight excluding hydrogens is 290 g/mol. The molecular formula is C15H24BrNO. The molecule has 1 aromatic carbocycles. The van der Waals surface area contributed by atoms with Gasteiger partial charge in [0.1, 0.15) is 0 Å². The Morgan fingerprint density at radius 2 is 2.00 bits per heavy atom. The molecule has 1 unspecified atom stereocenters. The Kier molecular flexibility index (Phi) is 6.90. The summed E-state index contributed by atoms with van der Waals surface area (Å²) in [6.45, 7) is 10.2. The summed E-state index contributed by atoms with van der Waals surface area (Å²) in [6, 6.07) is 6.79. The van der Waals surface area contributed by atoms with Gasteiger partial charge >= 0.3 is 0 Å². The third-order valence-corrected chi connectivity index (χ3v) is 3.16. The molecule has 18 heavy (non-hydrogen) atoms. The summed E-state index contributed by atoms with van der Waals surface area (Å²) in [5.41, 5.74) is 2.56. The average Bonchev–Trinajstić information content (AvgIpc) is 2.27. The molecule has 0 spiro atoms. The Hall–Kier alpha value is -0.380. The van der Waals surface area contributed by atoms with Gasteiger partial charge < -0.3 is 10.1 Å². The molecule has 0 fully saturated rings. The summed E-state index contributed by atoms with van der Waals surface area (Å²) in [7, 11) is 0. The quantitative estimate of drug-likeness (QED) is 0.813. The van der Waals surface area contributed by atoms with Gasteiger partial charge in [-0.2, -0.15) is 0 Å². The molecule has 1 aromatic rings. The minimum absolute atomic E-state index is 0.267. The zero-order valence-corrected chi connectivity index (χ0v) is 13.4. The molecule has 0 saturated heterocycles. The Morgan fingerprint density at radius 3 is 2.56 bits per heavy atom. The van der Waals surface area contributed by atoms with Gasteiger partial charge in [-0.15, -0.1) is 0 Å². The molecule has 3 heteroatoms. The first kappa shape index (κ1) is 15.7. The lowest BCUT2D eigenvalue weighted by Crippen LogP contribution is -2.27. The minimum atomic E-state index is 0.267. The van der Waals surface area contributed by atoms with E-state index in [4.69, 9.17) is 4.74 Å². The topological polar surface area (TPSA) is 21.3 Å². The van der Waals surface area contributed by atoms with Crippen molar-refractivity contribution in [1.82, 2.24) is 5.32 Å². The highest BCUT2D eigenvalue weighted by molar-refractivity contribution is 9.10. The first-order valence-electron chi connectivity index (χ1n) is 6.65. The van der Waals surface area contributed by atoms with Crippen LogP contribution in [0, 0.1) is 6.92 Å². The second-order valence-corrected chi connectivity index (χ2v) is 5.87. The van der Waals surface area contributed by atoms with Crippen molar-refractivity contribution in [2.45, 2.75) is 46.3 Å². The van der Waals surface area contributed by atoms with E-state index in [1.54, 1.807) is 0 Å². The highest BCUT2D eigenvalue weighted by atomic mass is 79.9. The van der Waals surface area contributed by atoms with E-state index in [1.807, 2.05) is 0 Å². The van der Waals surface area contributed by atoms with Crippen LogP contribution in [-0.4, -0.2) is 19.3 Å². The first-order valence-corrected chi connectivity index (χ1v) is 7.44. The summed E-state index contributed by atoms with van der Waals surface area (Å²) in [6.07, 6.45) is 1.40. The van der Waals surface area contributed by atoms with Gasteiger partial charge in [0.15, 0.2) is 0 Å². The van der Waals surface area contributed by atoms with E-state index in [-0.39, 0.29) is 12.1 Å². The third-order valence-electron chi connectivity index (χ3n) is 2.70. The molecule has 0 radical (unpaired) electrons. The van der Waals surface area contributed by atoms with Gasteiger partial charge in [-0.25, -0.2) is 0 Å². The highest BCUT2D eigenvalue weighted by Gasteiger charge is 2.12. The lowest BCUT2D eigenvalue weighted by molar-refractivity contribution is 0.0611. The maximum absolute atomic E-state index is 5.76. The summed E-state index contributed by atoms with van der Waals surface area (Å²) < 4.78 is 6.89. The van der Waals surface area contributed by atoms with E-state index < -0.39 is 0 Å². The fourth-order valence-corrected chi connectivity index (χ4v) is 2.47. The average molecular weight is 314 g/mol. The van der Waals surface area contributed by atoms with E-state index in [2.05, 4.69) is 67.1 Å². The molecule has 0 heterocycles. The van der Waals surface area contributed by atoms with Crippen LogP contribution in [-0.2, 0) is 4.74 Å².